The van der Waals surface area contributed by atoms with Gasteiger partial charge < -0.3 is 19.8 Å². The third kappa shape index (κ3) is 5.84. The summed E-state index contributed by atoms with van der Waals surface area (Å²) in [6, 6.07) is 11.1. The zero-order valence-corrected chi connectivity index (χ0v) is 17.0. The third-order valence-corrected chi connectivity index (χ3v) is 5.45. The average Bonchev–Trinajstić information content (AvgIpc) is 3.29. The van der Waals surface area contributed by atoms with Gasteiger partial charge in [-0.05, 0) is 62.7 Å². The molecule has 2 heterocycles. The minimum absolute atomic E-state index is 0.00598. The van der Waals surface area contributed by atoms with E-state index >= 15 is 0 Å². The van der Waals surface area contributed by atoms with E-state index in [1.54, 1.807) is 19.4 Å². The van der Waals surface area contributed by atoms with Gasteiger partial charge in [-0.3, -0.25) is 14.5 Å². The Balaban J connectivity index is 1.41. The summed E-state index contributed by atoms with van der Waals surface area (Å²) in [5.41, 5.74) is 0.997. The summed E-state index contributed by atoms with van der Waals surface area (Å²) in [6.07, 6.45) is 3.09. The Morgan fingerprint density at radius 2 is 1.97 bits per heavy atom. The number of benzene rings is 1. The number of carbonyl (C=O) groups is 2. The molecular formula is C22H29N3O4. The Labute approximate surface area is 171 Å². The van der Waals surface area contributed by atoms with E-state index in [1.165, 1.54) is 0 Å². The van der Waals surface area contributed by atoms with E-state index < -0.39 is 0 Å². The second-order valence-corrected chi connectivity index (χ2v) is 7.35. The van der Waals surface area contributed by atoms with Crippen molar-refractivity contribution in [1.82, 2.24) is 15.5 Å². The lowest BCUT2D eigenvalue weighted by Gasteiger charge is -2.34. The molecule has 0 saturated carbocycles. The van der Waals surface area contributed by atoms with Gasteiger partial charge in [0, 0.05) is 12.5 Å². The van der Waals surface area contributed by atoms with Gasteiger partial charge in [0.25, 0.3) is 0 Å². The number of methoxy groups -OCH3 is 1. The molecule has 1 aliphatic rings. The number of rotatable bonds is 8. The molecule has 0 bridgehead atoms. The molecule has 1 fully saturated rings. The number of likely N-dealkylation sites (tertiary alicyclic amines) is 1. The largest absolute Gasteiger partial charge is 0.497 e. The first-order chi connectivity index (χ1) is 14.1. The van der Waals surface area contributed by atoms with Crippen LogP contribution >= 0.6 is 0 Å². The maximum absolute atomic E-state index is 12.5. The Hall–Kier alpha value is -2.80. The number of carbonyl (C=O) groups excluding carboxylic acids is 2. The van der Waals surface area contributed by atoms with Crippen molar-refractivity contribution < 1.29 is 18.7 Å². The van der Waals surface area contributed by atoms with E-state index in [2.05, 4.69) is 15.5 Å². The molecule has 0 aliphatic carbocycles. The van der Waals surface area contributed by atoms with Gasteiger partial charge in [0.2, 0.25) is 11.8 Å². The van der Waals surface area contributed by atoms with E-state index in [-0.39, 0.29) is 23.8 Å². The van der Waals surface area contributed by atoms with Crippen LogP contribution in [0, 0.1) is 5.92 Å². The summed E-state index contributed by atoms with van der Waals surface area (Å²) < 4.78 is 10.5. The molecule has 1 unspecified atom stereocenters. The fraction of sp³-hybridized carbons (Fsp3) is 0.455. The van der Waals surface area contributed by atoms with Crippen LogP contribution in [-0.4, -0.2) is 43.0 Å². The van der Waals surface area contributed by atoms with Crippen LogP contribution in [0.25, 0.3) is 0 Å². The highest BCUT2D eigenvalue weighted by molar-refractivity contribution is 5.81. The molecule has 3 rings (SSSR count). The smallest absolute Gasteiger partial charge is 0.237 e. The number of nitrogens with zero attached hydrogens (tertiary/aromatic N) is 1. The van der Waals surface area contributed by atoms with Crippen molar-refractivity contribution in [3.05, 3.63) is 54.0 Å². The first-order valence-electron chi connectivity index (χ1n) is 10.0. The number of ether oxygens (including phenoxy) is 1. The van der Waals surface area contributed by atoms with Gasteiger partial charge in [0.15, 0.2) is 0 Å². The Bertz CT molecular complexity index is 798. The Morgan fingerprint density at radius 3 is 2.66 bits per heavy atom. The van der Waals surface area contributed by atoms with Gasteiger partial charge in [0.1, 0.15) is 11.5 Å². The van der Waals surface area contributed by atoms with E-state index in [9.17, 15) is 9.59 Å². The number of hydrogen-bond acceptors (Lipinski definition) is 5. The molecule has 2 N–H and O–H groups in total. The van der Waals surface area contributed by atoms with Gasteiger partial charge in [-0.1, -0.05) is 12.1 Å². The molecule has 2 aromatic rings. The molecule has 7 heteroatoms. The van der Waals surface area contributed by atoms with Crippen molar-refractivity contribution >= 4 is 11.8 Å². The fourth-order valence-electron chi connectivity index (χ4n) is 3.57. The highest BCUT2D eigenvalue weighted by atomic mass is 16.5. The molecular weight excluding hydrogens is 370 g/mol. The normalized spacial score (nSPS) is 16.2. The van der Waals surface area contributed by atoms with E-state index in [4.69, 9.17) is 9.15 Å². The fourth-order valence-corrected chi connectivity index (χ4v) is 3.57. The zero-order valence-electron chi connectivity index (χ0n) is 17.0. The molecule has 0 radical (unpaired) electrons. The summed E-state index contributed by atoms with van der Waals surface area (Å²) in [6.45, 7) is 4.25. The summed E-state index contributed by atoms with van der Waals surface area (Å²) in [5.74, 6) is 1.55. The third-order valence-electron chi connectivity index (χ3n) is 5.45. The van der Waals surface area contributed by atoms with Crippen molar-refractivity contribution in [2.75, 3.05) is 20.2 Å². The molecule has 1 aromatic heterocycles. The first-order valence-corrected chi connectivity index (χ1v) is 10.0. The standard InChI is InChI=1S/C22H29N3O4/c1-16(21(26)23-14-17-5-3-6-19(13-17)28-2)25-10-8-18(9-11-25)22(27)24-15-20-7-4-12-29-20/h3-7,12-13,16,18H,8-11,14-15H2,1-2H3,(H,23,26)(H,24,27). The van der Waals surface area contributed by atoms with Gasteiger partial charge in [-0.15, -0.1) is 0 Å². The van der Waals surface area contributed by atoms with Gasteiger partial charge in [-0.25, -0.2) is 0 Å². The van der Waals surface area contributed by atoms with Crippen LogP contribution in [0.4, 0.5) is 0 Å². The van der Waals surface area contributed by atoms with Gasteiger partial charge in [-0.2, -0.15) is 0 Å². The lowest BCUT2D eigenvalue weighted by atomic mass is 9.95. The van der Waals surface area contributed by atoms with Crippen molar-refractivity contribution in [2.24, 2.45) is 5.92 Å². The monoisotopic (exact) mass is 399 g/mol. The molecule has 29 heavy (non-hydrogen) atoms. The van der Waals surface area contributed by atoms with Gasteiger partial charge in [0.05, 0.1) is 26.0 Å². The molecule has 7 nitrogen and oxygen atoms in total. The van der Waals surface area contributed by atoms with E-state index in [0.717, 1.165) is 43.0 Å². The SMILES string of the molecule is COc1cccc(CNC(=O)C(C)N2CCC(C(=O)NCc3ccco3)CC2)c1. The number of nitrogens with one attached hydrogen (secondary N) is 2. The predicted octanol–water partition coefficient (Wildman–Crippen LogP) is 2.32. The number of furan rings is 1. The number of amides is 2. The second-order valence-electron chi connectivity index (χ2n) is 7.35. The van der Waals surface area contributed by atoms with E-state index in [1.807, 2.05) is 37.3 Å². The van der Waals surface area contributed by atoms with Crippen molar-refractivity contribution in [3.8, 4) is 5.75 Å². The average molecular weight is 399 g/mol. The summed E-state index contributed by atoms with van der Waals surface area (Å²) in [5, 5.41) is 5.92. The number of piperidine rings is 1. The zero-order chi connectivity index (χ0) is 20.6. The van der Waals surface area contributed by atoms with Crippen LogP contribution in [0.15, 0.2) is 47.1 Å². The summed E-state index contributed by atoms with van der Waals surface area (Å²) in [7, 11) is 1.63. The Kier molecular flexibility index (Phi) is 7.30. The predicted molar refractivity (Wildman–Crippen MR) is 109 cm³/mol. The second kappa shape index (κ2) is 10.1. The molecule has 0 spiro atoms. The van der Waals surface area contributed by atoms with Crippen LogP contribution in [0.1, 0.15) is 31.1 Å². The summed E-state index contributed by atoms with van der Waals surface area (Å²) in [4.78, 5) is 27.0. The lowest BCUT2D eigenvalue weighted by Crippen LogP contribution is -2.49. The molecule has 1 aromatic carbocycles. The molecule has 2 amide bonds. The minimum atomic E-state index is -0.229. The van der Waals surface area contributed by atoms with Crippen molar-refractivity contribution in [1.29, 1.82) is 0 Å². The van der Waals surface area contributed by atoms with Crippen LogP contribution < -0.4 is 15.4 Å². The number of hydrogen-bond donors (Lipinski definition) is 2. The van der Waals surface area contributed by atoms with Crippen molar-refractivity contribution in [3.63, 3.8) is 0 Å². The van der Waals surface area contributed by atoms with E-state index in [0.29, 0.717) is 13.1 Å². The lowest BCUT2D eigenvalue weighted by molar-refractivity contribution is -0.128. The molecule has 1 atom stereocenters. The van der Waals surface area contributed by atoms with Crippen LogP contribution in [0.3, 0.4) is 0 Å². The summed E-state index contributed by atoms with van der Waals surface area (Å²) >= 11 is 0. The highest BCUT2D eigenvalue weighted by Gasteiger charge is 2.29. The first kappa shape index (κ1) is 20.9. The van der Waals surface area contributed by atoms with Gasteiger partial charge >= 0.3 is 0 Å². The topological polar surface area (TPSA) is 83.8 Å². The molecule has 1 aliphatic heterocycles. The van der Waals surface area contributed by atoms with Crippen LogP contribution in [0.2, 0.25) is 0 Å². The minimum Gasteiger partial charge on any atom is -0.497 e. The maximum atomic E-state index is 12.5. The molecule has 1 saturated heterocycles. The van der Waals surface area contributed by atoms with Crippen molar-refractivity contribution in [2.45, 2.75) is 38.9 Å². The maximum Gasteiger partial charge on any atom is 0.237 e. The quantitative estimate of drug-likeness (QED) is 0.712. The highest BCUT2D eigenvalue weighted by Crippen LogP contribution is 2.20. The molecule has 156 valence electrons. The Morgan fingerprint density at radius 1 is 1.17 bits per heavy atom. The van der Waals surface area contributed by atoms with Crippen LogP contribution in [-0.2, 0) is 22.7 Å². The van der Waals surface area contributed by atoms with Crippen LogP contribution in [0.5, 0.6) is 5.75 Å².